The van der Waals surface area contributed by atoms with Gasteiger partial charge in [-0.25, -0.2) is 27.2 Å². The number of Topliss-reactive ketones (excluding diaryl/α,β-unsaturated/α-hetero) is 1. The molecule has 1 aliphatic heterocycles. The molecular formula is C27H26F2N6O4S. The lowest BCUT2D eigenvalue weighted by atomic mass is 9.99. The van der Waals surface area contributed by atoms with Crippen LogP contribution in [0.5, 0.6) is 0 Å². The van der Waals surface area contributed by atoms with E-state index in [1.54, 1.807) is 35.2 Å². The Labute approximate surface area is 228 Å². The molecule has 13 heteroatoms. The predicted molar refractivity (Wildman–Crippen MR) is 141 cm³/mol. The van der Waals surface area contributed by atoms with Crippen LogP contribution in [-0.4, -0.2) is 62.7 Å². The molecule has 1 saturated carbocycles. The van der Waals surface area contributed by atoms with Gasteiger partial charge in [-0.15, -0.1) is 0 Å². The molecular weight excluding hydrogens is 542 g/mol. The second-order valence-electron chi connectivity index (χ2n) is 10.1. The lowest BCUT2D eigenvalue weighted by Gasteiger charge is -2.35. The number of aromatic nitrogens is 5. The minimum atomic E-state index is -3.51. The predicted octanol–water partition coefficient (Wildman–Crippen LogP) is 3.83. The summed E-state index contributed by atoms with van der Waals surface area (Å²) in [6.07, 6.45) is 5.40. The van der Waals surface area contributed by atoms with E-state index in [9.17, 15) is 17.6 Å². The summed E-state index contributed by atoms with van der Waals surface area (Å²) in [5.74, 6) is -2.12. The molecule has 0 amide bonds. The Morgan fingerprint density at radius 2 is 1.88 bits per heavy atom. The lowest BCUT2D eigenvalue weighted by molar-refractivity contribution is -0.118. The van der Waals surface area contributed by atoms with Crippen molar-refractivity contribution in [3.63, 3.8) is 0 Å². The molecule has 1 aromatic carbocycles. The van der Waals surface area contributed by atoms with Crippen LogP contribution in [0.1, 0.15) is 37.7 Å². The molecule has 1 aliphatic carbocycles. The van der Waals surface area contributed by atoms with Crippen molar-refractivity contribution in [2.75, 3.05) is 17.2 Å². The van der Waals surface area contributed by atoms with Crippen molar-refractivity contribution in [3.05, 3.63) is 66.1 Å². The zero-order valence-electron chi connectivity index (χ0n) is 21.4. The summed E-state index contributed by atoms with van der Waals surface area (Å²) in [6.45, 7) is 0.431. The summed E-state index contributed by atoms with van der Waals surface area (Å²) in [7, 11) is -3.51. The fraction of sp³-hybridized carbons (Fsp3) is 0.370. The summed E-state index contributed by atoms with van der Waals surface area (Å²) in [6, 6.07) is 8.80. The second-order valence-corrected chi connectivity index (χ2v) is 12.4. The molecule has 0 spiro atoms. The van der Waals surface area contributed by atoms with Gasteiger partial charge < -0.3 is 9.42 Å². The number of nitrogens with zero attached hydrogens (tertiary/aromatic N) is 6. The normalized spacial score (nSPS) is 17.8. The first kappa shape index (κ1) is 26.2. The van der Waals surface area contributed by atoms with Gasteiger partial charge in [-0.2, -0.15) is 5.10 Å². The lowest BCUT2D eigenvalue weighted by Crippen LogP contribution is -2.48. The van der Waals surface area contributed by atoms with Gasteiger partial charge in [0.2, 0.25) is 0 Å². The van der Waals surface area contributed by atoms with E-state index in [0.717, 1.165) is 12.6 Å². The third-order valence-electron chi connectivity index (χ3n) is 7.24. The van der Waals surface area contributed by atoms with Crippen LogP contribution >= 0.6 is 0 Å². The molecule has 1 saturated heterocycles. The molecule has 0 radical (unpaired) electrons. The van der Waals surface area contributed by atoms with Gasteiger partial charge in [0.05, 0.1) is 29.7 Å². The van der Waals surface area contributed by atoms with Gasteiger partial charge in [0, 0.05) is 18.2 Å². The van der Waals surface area contributed by atoms with Crippen LogP contribution in [0.2, 0.25) is 0 Å². The first-order chi connectivity index (χ1) is 19.3. The van der Waals surface area contributed by atoms with Gasteiger partial charge >= 0.3 is 0 Å². The monoisotopic (exact) mass is 568 g/mol. The topological polar surface area (TPSA) is 124 Å². The third kappa shape index (κ3) is 5.25. The largest absolute Gasteiger partial charge is 0.364 e. The Bertz CT molecular complexity index is 1650. The van der Waals surface area contributed by atoms with Crippen molar-refractivity contribution in [3.8, 4) is 22.9 Å². The van der Waals surface area contributed by atoms with Gasteiger partial charge in [0.25, 0.3) is 0 Å². The van der Waals surface area contributed by atoms with E-state index in [4.69, 9.17) is 4.52 Å². The Balaban J connectivity index is 1.34. The van der Waals surface area contributed by atoms with Crippen LogP contribution in [0.25, 0.3) is 22.9 Å². The minimum Gasteiger partial charge on any atom is -0.364 e. The highest BCUT2D eigenvalue weighted by Crippen LogP contribution is 2.32. The summed E-state index contributed by atoms with van der Waals surface area (Å²) >= 11 is 0. The molecule has 0 N–H and O–H groups in total. The second kappa shape index (κ2) is 10.5. The van der Waals surface area contributed by atoms with Crippen LogP contribution in [0.3, 0.4) is 0 Å². The van der Waals surface area contributed by atoms with E-state index in [1.807, 2.05) is 0 Å². The molecule has 1 atom stereocenters. The number of rotatable bonds is 9. The molecule has 6 rings (SSSR count). The summed E-state index contributed by atoms with van der Waals surface area (Å²) < 4.78 is 61.1. The number of carbonyl (C=O) groups is 1. The van der Waals surface area contributed by atoms with Crippen LogP contribution in [0, 0.1) is 11.6 Å². The molecule has 2 aliphatic rings. The zero-order chi connectivity index (χ0) is 27.9. The fourth-order valence-electron chi connectivity index (χ4n) is 5.03. The number of hydrogen-bond acceptors (Lipinski definition) is 9. The molecule has 40 heavy (non-hydrogen) atoms. The number of anilines is 1. The molecule has 4 aromatic rings. The molecule has 208 valence electrons. The SMILES string of the molecule is O=C(CS(=O)(=O)C1CC1)C1CCCCN1c1nc(-c2cc(-c3ccon3)n(Cc3ccccc3F)n2)ncc1F. The highest BCUT2D eigenvalue weighted by Gasteiger charge is 2.40. The standard InChI is InChI=1S/C27H26F2N6O4S/c28-19-6-2-1-5-17(19)15-35-24(21-10-12-39-33-21)13-22(32-35)26-30-14-20(29)27(31-26)34-11-4-3-7-23(34)25(36)16-40(37,38)18-8-9-18/h1-2,5-6,10,12-14,18,23H,3-4,7-9,11,15-16H2. The number of hydrogen-bond donors (Lipinski definition) is 0. The Morgan fingerprint density at radius 1 is 1.05 bits per heavy atom. The maximum Gasteiger partial charge on any atom is 0.183 e. The van der Waals surface area contributed by atoms with E-state index in [1.165, 1.54) is 17.0 Å². The van der Waals surface area contributed by atoms with Crippen LogP contribution in [-0.2, 0) is 21.2 Å². The number of halogens is 2. The number of piperidine rings is 1. The van der Waals surface area contributed by atoms with E-state index < -0.39 is 44.3 Å². The summed E-state index contributed by atoms with van der Waals surface area (Å²) in [5, 5.41) is 8.10. The Hall–Kier alpha value is -4.00. The van der Waals surface area contributed by atoms with Crippen molar-refractivity contribution in [2.45, 2.75) is 49.9 Å². The smallest absolute Gasteiger partial charge is 0.183 e. The average Bonchev–Trinajstić information content (AvgIpc) is 3.53. The number of sulfone groups is 1. The Kier molecular flexibility index (Phi) is 6.90. The number of benzene rings is 1. The molecule has 10 nitrogen and oxygen atoms in total. The van der Waals surface area contributed by atoms with Crippen LogP contribution < -0.4 is 4.90 Å². The van der Waals surface area contributed by atoms with Crippen molar-refractivity contribution in [1.82, 2.24) is 24.9 Å². The molecule has 4 heterocycles. The minimum absolute atomic E-state index is 0.0844. The number of ketones is 1. The molecule has 2 fully saturated rings. The van der Waals surface area contributed by atoms with Gasteiger partial charge in [0.15, 0.2) is 33.1 Å². The quantitative estimate of drug-likeness (QED) is 0.296. The van der Waals surface area contributed by atoms with Crippen LogP contribution in [0.15, 0.2) is 53.4 Å². The highest BCUT2D eigenvalue weighted by molar-refractivity contribution is 7.93. The van der Waals surface area contributed by atoms with Gasteiger partial charge in [0.1, 0.15) is 29.2 Å². The Morgan fingerprint density at radius 3 is 2.62 bits per heavy atom. The van der Waals surface area contributed by atoms with Gasteiger partial charge in [-0.1, -0.05) is 23.4 Å². The number of carbonyl (C=O) groups excluding carboxylic acids is 1. The molecule has 1 unspecified atom stereocenters. The first-order valence-electron chi connectivity index (χ1n) is 13.1. The van der Waals surface area contributed by atoms with E-state index >= 15 is 4.39 Å². The first-order valence-corrected chi connectivity index (χ1v) is 14.8. The van der Waals surface area contributed by atoms with Crippen molar-refractivity contribution in [2.24, 2.45) is 0 Å². The maximum absolute atomic E-state index is 15.1. The van der Waals surface area contributed by atoms with Gasteiger partial charge in [-0.3, -0.25) is 9.48 Å². The maximum atomic E-state index is 15.1. The van der Waals surface area contributed by atoms with E-state index in [-0.39, 0.29) is 23.9 Å². The van der Waals surface area contributed by atoms with Crippen molar-refractivity contribution >= 4 is 21.4 Å². The summed E-state index contributed by atoms with van der Waals surface area (Å²) in [5.41, 5.74) is 1.65. The third-order valence-corrected chi connectivity index (χ3v) is 9.41. The molecule has 0 bridgehead atoms. The highest BCUT2D eigenvalue weighted by atomic mass is 32.2. The van der Waals surface area contributed by atoms with Gasteiger partial charge in [-0.05, 0) is 44.2 Å². The fourth-order valence-corrected chi connectivity index (χ4v) is 6.71. The van der Waals surface area contributed by atoms with Crippen LogP contribution in [0.4, 0.5) is 14.6 Å². The average molecular weight is 569 g/mol. The summed E-state index contributed by atoms with van der Waals surface area (Å²) in [4.78, 5) is 23.3. The van der Waals surface area contributed by atoms with Crippen molar-refractivity contribution in [1.29, 1.82) is 0 Å². The van der Waals surface area contributed by atoms with Crippen molar-refractivity contribution < 1.29 is 26.5 Å². The van der Waals surface area contributed by atoms with E-state index in [2.05, 4.69) is 20.2 Å². The van der Waals surface area contributed by atoms with E-state index in [0.29, 0.717) is 49.2 Å². The zero-order valence-corrected chi connectivity index (χ0v) is 22.2. The molecule has 3 aromatic heterocycles.